The molecule has 4 nitrogen and oxygen atoms in total. The van der Waals surface area contributed by atoms with Crippen LogP contribution in [0.4, 0.5) is 0 Å². The van der Waals surface area contributed by atoms with Gasteiger partial charge in [0.05, 0.1) is 22.9 Å². The van der Waals surface area contributed by atoms with E-state index < -0.39 is 0 Å². The Morgan fingerprint density at radius 1 is 1.53 bits per heavy atom. The molecule has 0 amide bonds. The number of nitrogens with one attached hydrogen (secondary N) is 1. The second-order valence-electron chi connectivity index (χ2n) is 3.34. The molecule has 0 saturated carbocycles. The first-order valence-electron chi connectivity index (χ1n) is 5.18. The molecule has 0 unspecified atom stereocenters. The summed E-state index contributed by atoms with van der Waals surface area (Å²) in [6.07, 6.45) is 4.89. The maximum atomic E-state index is 11.7. The minimum Gasteiger partial charge on any atom is -0.462 e. The van der Waals surface area contributed by atoms with Crippen molar-refractivity contribution in [3.8, 4) is 11.3 Å². The number of aromatic nitrogens is 2. The van der Waals surface area contributed by atoms with Crippen LogP contribution in [0.25, 0.3) is 11.3 Å². The van der Waals surface area contributed by atoms with Crippen molar-refractivity contribution >= 4 is 17.6 Å². The van der Waals surface area contributed by atoms with Gasteiger partial charge in [-0.05, 0) is 19.1 Å². The molecule has 0 aliphatic rings. The molecule has 5 heteroatoms. The van der Waals surface area contributed by atoms with Gasteiger partial charge in [-0.1, -0.05) is 11.6 Å². The van der Waals surface area contributed by atoms with Crippen LogP contribution >= 0.6 is 11.6 Å². The molecule has 0 aliphatic carbocycles. The lowest BCUT2D eigenvalue weighted by Crippen LogP contribution is -2.05. The van der Waals surface area contributed by atoms with Crippen molar-refractivity contribution in [2.24, 2.45) is 0 Å². The zero-order valence-corrected chi connectivity index (χ0v) is 9.99. The number of carbonyl (C=O) groups excluding carboxylic acids is 1. The number of carbonyl (C=O) groups is 1. The fourth-order valence-corrected chi connectivity index (χ4v) is 1.74. The molecule has 88 valence electrons. The van der Waals surface area contributed by atoms with Gasteiger partial charge >= 0.3 is 5.97 Å². The third-order valence-corrected chi connectivity index (χ3v) is 2.56. The summed E-state index contributed by atoms with van der Waals surface area (Å²) in [5, 5.41) is 0.498. The number of ether oxygens (including phenoxy) is 1. The predicted molar refractivity (Wildman–Crippen MR) is 65.0 cm³/mol. The van der Waals surface area contributed by atoms with E-state index >= 15 is 0 Å². The Balaban J connectivity index is 2.44. The maximum absolute atomic E-state index is 11.7. The van der Waals surface area contributed by atoms with Gasteiger partial charge in [-0.25, -0.2) is 4.79 Å². The van der Waals surface area contributed by atoms with Gasteiger partial charge < -0.3 is 9.72 Å². The van der Waals surface area contributed by atoms with Gasteiger partial charge in [-0.2, -0.15) is 0 Å². The SMILES string of the molecule is CCOC(=O)c1c[nH]cc1-c1ncccc1Cl. The summed E-state index contributed by atoms with van der Waals surface area (Å²) in [5.41, 5.74) is 1.65. The highest BCUT2D eigenvalue weighted by Crippen LogP contribution is 2.28. The molecule has 2 rings (SSSR count). The Bertz CT molecular complexity index is 537. The predicted octanol–water partition coefficient (Wildman–Crippen LogP) is 2.91. The Morgan fingerprint density at radius 2 is 2.35 bits per heavy atom. The van der Waals surface area contributed by atoms with Crippen molar-refractivity contribution in [1.82, 2.24) is 9.97 Å². The molecule has 0 aromatic carbocycles. The van der Waals surface area contributed by atoms with Gasteiger partial charge in [0, 0.05) is 24.2 Å². The average Bonchev–Trinajstić information content (AvgIpc) is 2.79. The van der Waals surface area contributed by atoms with Gasteiger partial charge in [0.2, 0.25) is 0 Å². The zero-order valence-electron chi connectivity index (χ0n) is 9.24. The Morgan fingerprint density at radius 3 is 3.06 bits per heavy atom. The molecule has 1 N–H and O–H groups in total. The summed E-state index contributed by atoms with van der Waals surface area (Å²) >= 11 is 6.04. The Kier molecular flexibility index (Phi) is 3.44. The number of hydrogen-bond donors (Lipinski definition) is 1. The lowest BCUT2D eigenvalue weighted by molar-refractivity contribution is 0.0527. The van der Waals surface area contributed by atoms with Gasteiger partial charge in [0.1, 0.15) is 0 Å². The van der Waals surface area contributed by atoms with E-state index in [-0.39, 0.29) is 5.97 Å². The van der Waals surface area contributed by atoms with E-state index in [1.165, 1.54) is 0 Å². The highest BCUT2D eigenvalue weighted by Gasteiger charge is 2.17. The molecule has 2 aromatic rings. The molecule has 0 radical (unpaired) electrons. The maximum Gasteiger partial charge on any atom is 0.340 e. The number of rotatable bonds is 3. The molecule has 2 heterocycles. The number of pyridine rings is 1. The first kappa shape index (κ1) is 11.7. The zero-order chi connectivity index (χ0) is 12.3. The van der Waals surface area contributed by atoms with Crippen molar-refractivity contribution < 1.29 is 9.53 Å². The minimum absolute atomic E-state index is 0.333. The monoisotopic (exact) mass is 250 g/mol. The molecule has 0 atom stereocenters. The summed E-state index contributed by atoms with van der Waals surface area (Å²) in [6.45, 7) is 2.09. The molecule has 0 aliphatic heterocycles. The lowest BCUT2D eigenvalue weighted by atomic mass is 10.1. The van der Waals surface area contributed by atoms with E-state index in [4.69, 9.17) is 16.3 Å². The van der Waals surface area contributed by atoms with Gasteiger partial charge in [0.25, 0.3) is 0 Å². The van der Waals surface area contributed by atoms with Crippen LogP contribution in [-0.2, 0) is 4.74 Å². The van der Waals surface area contributed by atoms with Crippen LogP contribution in [0.1, 0.15) is 17.3 Å². The standard InChI is InChI=1S/C12H11ClN2O2/c1-2-17-12(16)9-7-14-6-8(9)11-10(13)4-3-5-15-11/h3-7,14H,2H2,1H3. The average molecular weight is 251 g/mol. The molecule has 0 saturated heterocycles. The van der Waals surface area contributed by atoms with Crippen LogP contribution in [0.3, 0.4) is 0 Å². The highest BCUT2D eigenvalue weighted by atomic mass is 35.5. The second kappa shape index (κ2) is 5.01. The molecular weight excluding hydrogens is 240 g/mol. The number of esters is 1. The smallest absolute Gasteiger partial charge is 0.340 e. The van der Waals surface area contributed by atoms with Crippen molar-refractivity contribution in [2.75, 3.05) is 6.61 Å². The number of aromatic amines is 1. The summed E-state index contributed by atoms with van der Waals surface area (Å²) in [7, 11) is 0. The first-order chi connectivity index (χ1) is 8.24. The van der Waals surface area contributed by atoms with E-state index in [9.17, 15) is 4.79 Å². The first-order valence-corrected chi connectivity index (χ1v) is 5.56. The Labute approximate surface area is 104 Å². The topological polar surface area (TPSA) is 55.0 Å². The van der Waals surface area contributed by atoms with Gasteiger partial charge in [0.15, 0.2) is 0 Å². The second-order valence-corrected chi connectivity index (χ2v) is 3.74. The largest absolute Gasteiger partial charge is 0.462 e. The third kappa shape index (κ3) is 2.31. The normalized spacial score (nSPS) is 10.2. The molecule has 2 aromatic heterocycles. The van der Waals surface area contributed by atoms with Crippen LogP contribution < -0.4 is 0 Å². The van der Waals surface area contributed by atoms with Gasteiger partial charge in [-0.3, -0.25) is 4.98 Å². The van der Waals surface area contributed by atoms with Crippen LogP contribution in [0.15, 0.2) is 30.7 Å². The van der Waals surface area contributed by atoms with E-state index in [1.807, 2.05) is 0 Å². The van der Waals surface area contributed by atoms with Crippen molar-refractivity contribution in [1.29, 1.82) is 0 Å². The van der Waals surface area contributed by atoms with Crippen molar-refractivity contribution in [2.45, 2.75) is 6.92 Å². The third-order valence-electron chi connectivity index (χ3n) is 2.25. The summed E-state index contributed by atoms with van der Waals surface area (Å²) < 4.78 is 4.96. The quantitative estimate of drug-likeness (QED) is 0.852. The summed E-state index contributed by atoms with van der Waals surface area (Å²) in [6, 6.07) is 3.47. The van der Waals surface area contributed by atoms with Crippen LogP contribution in [0.5, 0.6) is 0 Å². The van der Waals surface area contributed by atoms with E-state index in [0.717, 1.165) is 0 Å². The van der Waals surface area contributed by atoms with Crippen molar-refractivity contribution in [3.63, 3.8) is 0 Å². The molecule has 17 heavy (non-hydrogen) atoms. The number of nitrogens with zero attached hydrogens (tertiary/aromatic N) is 1. The molecule has 0 spiro atoms. The Hall–Kier alpha value is -1.81. The minimum atomic E-state index is -0.384. The lowest BCUT2D eigenvalue weighted by Gasteiger charge is -2.04. The highest BCUT2D eigenvalue weighted by molar-refractivity contribution is 6.33. The van der Waals surface area contributed by atoms with E-state index in [1.54, 1.807) is 37.6 Å². The van der Waals surface area contributed by atoms with Gasteiger partial charge in [-0.15, -0.1) is 0 Å². The van der Waals surface area contributed by atoms with E-state index in [0.29, 0.717) is 28.5 Å². The fourth-order valence-electron chi connectivity index (χ4n) is 1.52. The summed E-state index contributed by atoms with van der Waals surface area (Å²) in [5.74, 6) is -0.384. The van der Waals surface area contributed by atoms with Crippen molar-refractivity contribution in [3.05, 3.63) is 41.3 Å². The molecule has 0 fully saturated rings. The number of hydrogen-bond acceptors (Lipinski definition) is 3. The fraction of sp³-hybridized carbons (Fsp3) is 0.167. The van der Waals surface area contributed by atoms with E-state index in [2.05, 4.69) is 9.97 Å². The van der Waals surface area contributed by atoms with Crippen LogP contribution in [0.2, 0.25) is 5.02 Å². The van der Waals surface area contributed by atoms with Crippen LogP contribution in [0, 0.1) is 0 Å². The molecular formula is C12H11ClN2O2. The number of halogens is 1. The number of H-pyrrole nitrogens is 1. The summed E-state index contributed by atoms with van der Waals surface area (Å²) in [4.78, 5) is 18.7. The molecule has 0 bridgehead atoms. The van der Waals surface area contributed by atoms with Crippen LogP contribution in [-0.4, -0.2) is 22.5 Å².